The molecular formula is C26H22FNO6. The largest absolute Gasteiger partial charge is 0.508 e. The van der Waals surface area contributed by atoms with Gasteiger partial charge in [-0.05, 0) is 53.6 Å². The SMILES string of the molecule is COc1ccc(OC)c(/C(O)=C2\C(=O)C(=O)N(Cc3ccc(F)cc3)C2c2ccc(O)cc2)c1. The number of Topliss-reactive ketones (excluding diaryl/α,β-unsaturated/α-hetero) is 1. The number of nitrogens with zero attached hydrogens (tertiary/aromatic N) is 1. The molecule has 0 saturated carbocycles. The molecule has 3 aromatic rings. The van der Waals surface area contributed by atoms with E-state index >= 15 is 0 Å². The van der Waals surface area contributed by atoms with E-state index in [9.17, 15) is 24.2 Å². The minimum atomic E-state index is -0.957. The number of phenols is 1. The van der Waals surface area contributed by atoms with Crippen molar-refractivity contribution in [2.75, 3.05) is 14.2 Å². The smallest absolute Gasteiger partial charge is 0.295 e. The Hall–Kier alpha value is -4.33. The van der Waals surface area contributed by atoms with E-state index in [2.05, 4.69) is 0 Å². The lowest BCUT2D eigenvalue weighted by atomic mass is 9.94. The number of hydrogen-bond donors (Lipinski definition) is 2. The van der Waals surface area contributed by atoms with Crippen LogP contribution in [-0.4, -0.2) is 41.0 Å². The summed E-state index contributed by atoms with van der Waals surface area (Å²) in [5.41, 5.74) is 1.16. The van der Waals surface area contributed by atoms with Gasteiger partial charge in [-0.2, -0.15) is 0 Å². The molecule has 1 saturated heterocycles. The third-order valence-electron chi connectivity index (χ3n) is 5.68. The molecule has 34 heavy (non-hydrogen) atoms. The molecule has 8 heteroatoms. The number of halogens is 1. The fourth-order valence-electron chi connectivity index (χ4n) is 3.98. The first-order valence-corrected chi connectivity index (χ1v) is 10.4. The first kappa shape index (κ1) is 22.8. The van der Waals surface area contributed by atoms with E-state index in [1.807, 2.05) is 0 Å². The summed E-state index contributed by atoms with van der Waals surface area (Å²) in [6.07, 6.45) is 0. The van der Waals surface area contributed by atoms with Crippen molar-refractivity contribution in [2.24, 2.45) is 0 Å². The predicted octanol–water partition coefficient (Wildman–Crippen LogP) is 4.17. The fraction of sp³-hybridized carbons (Fsp3) is 0.154. The highest BCUT2D eigenvalue weighted by Gasteiger charge is 2.46. The number of carbonyl (C=O) groups excluding carboxylic acids is 2. The molecule has 1 aliphatic heterocycles. The van der Waals surface area contributed by atoms with Gasteiger partial charge in [0.05, 0.1) is 31.4 Å². The summed E-state index contributed by atoms with van der Waals surface area (Å²) in [5.74, 6) is -1.82. The number of carbonyl (C=O) groups is 2. The van der Waals surface area contributed by atoms with Gasteiger partial charge >= 0.3 is 0 Å². The lowest BCUT2D eigenvalue weighted by molar-refractivity contribution is -0.140. The first-order chi connectivity index (χ1) is 16.3. The summed E-state index contributed by atoms with van der Waals surface area (Å²) in [5, 5.41) is 21.0. The van der Waals surface area contributed by atoms with Crippen LogP contribution in [0.4, 0.5) is 4.39 Å². The predicted molar refractivity (Wildman–Crippen MR) is 122 cm³/mol. The number of ketones is 1. The van der Waals surface area contributed by atoms with Crippen molar-refractivity contribution in [3.8, 4) is 17.2 Å². The third-order valence-corrected chi connectivity index (χ3v) is 5.68. The van der Waals surface area contributed by atoms with Gasteiger partial charge in [0.1, 0.15) is 28.8 Å². The number of hydrogen-bond acceptors (Lipinski definition) is 6. The summed E-state index contributed by atoms with van der Waals surface area (Å²) >= 11 is 0. The maximum atomic E-state index is 13.4. The Labute approximate surface area is 195 Å². The number of likely N-dealkylation sites (tertiary alicyclic amines) is 1. The van der Waals surface area contributed by atoms with Crippen LogP contribution in [-0.2, 0) is 16.1 Å². The van der Waals surface area contributed by atoms with Crippen molar-refractivity contribution in [1.29, 1.82) is 0 Å². The average molecular weight is 463 g/mol. The van der Waals surface area contributed by atoms with Crippen molar-refractivity contribution in [3.05, 3.63) is 94.8 Å². The number of aromatic hydroxyl groups is 1. The van der Waals surface area contributed by atoms with Crippen molar-refractivity contribution >= 4 is 17.4 Å². The van der Waals surface area contributed by atoms with Crippen LogP contribution in [0.3, 0.4) is 0 Å². The van der Waals surface area contributed by atoms with Crippen LogP contribution in [0.25, 0.3) is 5.76 Å². The number of phenolic OH excluding ortho intramolecular Hbond substituents is 1. The topological polar surface area (TPSA) is 96.3 Å². The number of ether oxygens (including phenoxy) is 2. The van der Waals surface area contributed by atoms with Crippen LogP contribution in [0.2, 0.25) is 0 Å². The quantitative estimate of drug-likeness (QED) is 0.324. The zero-order valence-electron chi connectivity index (χ0n) is 18.5. The van der Waals surface area contributed by atoms with E-state index in [0.29, 0.717) is 16.9 Å². The van der Waals surface area contributed by atoms with Crippen molar-refractivity contribution in [1.82, 2.24) is 4.90 Å². The molecule has 3 aromatic carbocycles. The number of aliphatic hydroxyl groups excluding tert-OH is 1. The first-order valence-electron chi connectivity index (χ1n) is 10.4. The molecule has 0 aromatic heterocycles. The number of rotatable bonds is 6. The molecule has 7 nitrogen and oxygen atoms in total. The maximum Gasteiger partial charge on any atom is 0.295 e. The summed E-state index contributed by atoms with van der Waals surface area (Å²) in [4.78, 5) is 27.6. The molecule has 174 valence electrons. The average Bonchev–Trinajstić information content (AvgIpc) is 3.10. The van der Waals surface area contributed by atoms with E-state index in [4.69, 9.17) is 9.47 Å². The van der Waals surface area contributed by atoms with Crippen LogP contribution in [0, 0.1) is 5.82 Å². The van der Waals surface area contributed by atoms with E-state index in [0.717, 1.165) is 0 Å². The maximum absolute atomic E-state index is 13.4. The molecule has 0 spiro atoms. The zero-order chi connectivity index (χ0) is 24.4. The highest BCUT2D eigenvalue weighted by Crippen LogP contribution is 2.42. The fourth-order valence-corrected chi connectivity index (χ4v) is 3.98. The monoisotopic (exact) mass is 463 g/mol. The summed E-state index contributed by atoms with van der Waals surface area (Å²) < 4.78 is 24.0. The summed E-state index contributed by atoms with van der Waals surface area (Å²) in [6, 6.07) is 15.3. The Balaban J connectivity index is 1.89. The van der Waals surface area contributed by atoms with Crippen LogP contribution >= 0.6 is 0 Å². The molecular weight excluding hydrogens is 441 g/mol. The Morgan fingerprint density at radius 2 is 1.65 bits per heavy atom. The van der Waals surface area contributed by atoms with Gasteiger partial charge in [0.25, 0.3) is 11.7 Å². The van der Waals surface area contributed by atoms with Gasteiger partial charge in [-0.3, -0.25) is 9.59 Å². The minimum Gasteiger partial charge on any atom is -0.508 e. The van der Waals surface area contributed by atoms with Crippen molar-refractivity contribution < 1.29 is 33.7 Å². The number of methoxy groups -OCH3 is 2. The van der Waals surface area contributed by atoms with E-state index in [1.54, 1.807) is 24.3 Å². The van der Waals surface area contributed by atoms with Gasteiger partial charge in [-0.15, -0.1) is 0 Å². The molecule has 4 rings (SSSR count). The standard InChI is InChI=1S/C26H22FNO6/c1-33-19-11-12-21(34-2)20(13-19)24(30)22-23(16-5-9-18(29)10-6-16)28(26(32)25(22)31)14-15-3-7-17(27)8-4-15/h3-13,23,29-30H,14H2,1-2H3/b24-22+. The zero-order valence-corrected chi connectivity index (χ0v) is 18.5. The number of amides is 1. The van der Waals surface area contributed by atoms with Gasteiger partial charge < -0.3 is 24.6 Å². The van der Waals surface area contributed by atoms with Crippen LogP contribution < -0.4 is 9.47 Å². The van der Waals surface area contributed by atoms with E-state index in [1.165, 1.54) is 61.6 Å². The second-order valence-electron chi connectivity index (χ2n) is 7.71. The third kappa shape index (κ3) is 4.17. The Morgan fingerprint density at radius 1 is 0.971 bits per heavy atom. The molecule has 1 unspecified atom stereocenters. The van der Waals surface area contributed by atoms with Gasteiger partial charge in [-0.25, -0.2) is 4.39 Å². The summed E-state index contributed by atoms with van der Waals surface area (Å²) in [6.45, 7) is 0.00240. The van der Waals surface area contributed by atoms with Crippen molar-refractivity contribution in [2.45, 2.75) is 12.6 Å². The van der Waals surface area contributed by atoms with Gasteiger partial charge in [0, 0.05) is 6.54 Å². The van der Waals surface area contributed by atoms with Crippen LogP contribution in [0.15, 0.2) is 72.3 Å². The normalized spacial score (nSPS) is 17.1. The molecule has 0 radical (unpaired) electrons. The summed E-state index contributed by atoms with van der Waals surface area (Å²) in [7, 11) is 2.88. The van der Waals surface area contributed by atoms with Crippen LogP contribution in [0.1, 0.15) is 22.7 Å². The lowest BCUT2D eigenvalue weighted by Crippen LogP contribution is -2.29. The second kappa shape index (κ2) is 9.27. The molecule has 0 bridgehead atoms. The highest BCUT2D eigenvalue weighted by molar-refractivity contribution is 6.46. The molecule has 0 aliphatic carbocycles. The Morgan fingerprint density at radius 3 is 2.26 bits per heavy atom. The van der Waals surface area contributed by atoms with Crippen molar-refractivity contribution in [3.63, 3.8) is 0 Å². The van der Waals surface area contributed by atoms with Crippen LogP contribution in [0.5, 0.6) is 17.2 Å². The van der Waals surface area contributed by atoms with E-state index in [-0.39, 0.29) is 29.2 Å². The molecule has 1 heterocycles. The molecule has 1 aliphatic rings. The Bertz CT molecular complexity index is 1270. The second-order valence-corrected chi connectivity index (χ2v) is 7.71. The Kier molecular flexibility index (Phi) is 6.23. The molecule has 1 amide bonds. The minimum absolute atomic E-state index is 0.00240. The molecule has 1 fully saturated rings. The molecule has 2 N–H and O–H groups in total. The van der Waals surface area contributed by atoms with Gasteiger partial charge in [0.15, 0.2) is 0 Å². The number of aliphatic hydroxyl groups is 1. The van der Waals surface area contributed by atoms with Gasteiger partial charge in [0.2, 0.25) is 0 Å². The van der Waals surface area contributed by atoms with E-state index < -0.39 is 29.3 Å². The molecule has 1 atom stereocenters. The number of benzene rings is 3. The lowest BCUT2D eigenvalue weighted by Gasteiger charge is -2.25. The van der Waals surface area contributed by atoms with Gasteiger partial charge in [-0.1, -0.05) is 24.3 Å². The highest BCUT2D eigenvalue weighted by atomic mass is 19.1.